The second kappa shape index (κ2) is 7.08. The Bertz CT molecular complexity index is 583. The molecule has 24 heavy (non-hydrogen) atoms. The molecule has 0 radical (unpaired) electrons. The average Bonchev–Trinajstić information content (AvgIpc) is 2.78. The number of esters is 1. The van der Waals surface area contributed by atoms with Gasteiger partial charge in [-0.05, 0) is 6.08 Å². The molecule has 2 aliphatic rings. The molecule has 0 saturated carbocycles. The van der Waals surface area contributed by atoms with Crippen LogP contribution >= 0.6 is 11.6 Å². The van der Waals surface area contributed by atoms with Crippen LogP contribution in [0, 0.1) is 5.92 Å². The Labute approximate surface area is 144 Å². The number of aliphatic hydroxyl groups excluding tert-OH is 1. The number of rotatable bonds is 5. The predicted octanol–water partition coefficient (Wildman–Crippen LogP) is 0.876. The Morgan fingerprint density at radius 2 is 2.38 bits per heavy atom. The highest BCUT2D eigenvalue weighted by Gasteiger charge is 2.57. The molecule has 0 bridgehead atoms. The van der Waals surface area contributed by atoms with E-state index in [2.05, 4.69) is 11.6 Å². The van der Waals surface area contributed by atoms with Crippen molar-refractivity contribution in [3.8, 4) is 0 Å². The molecule has 1 fully saturated rings. The van der Waals surface area contributed by atoms with Gasteiger partial charge >= 0.3 is 5.97 Å². The zero-order chi connectivity index (χ0) is 18.1. The van der Waals surface area contributed by atoms with Crippen LogP contribution in [0.15, 0.2) is 29.7 Å². The van der Waals surface area contributed by atoms with E-state index in [9.17, 15) is 14.3 Å². The first kappa shape index (κ1) is 18.7. The summed E-state index contributed by atoms with van der Waals surface area (Å²) in [5.41, 5.74) is 3.99. The van der Waals surface area contributed by atoms with Gasteiger partial charge in [0.05, 0.1) is 11.8 Å². The zero-order valence-electron chi connectivity index (χ0n) is 13.5. The lowest BCUT2D eigenvalue weighted by atomic mass is 9.98. The largest absolute Gasteiger partial charge is 0.462 e. The maximum absolute atomic E-state index is 14.6. The van der Waals surface area contributed by atoms with Gasteiger partial charge in [-0.1, -0.05) is 20.4 Å². The predicted molar refractivity (Wildman–Crippen MR) is 86.8 cm³/mol. The first-order valence-corrected chi connectivity index (χ1v) is 7.97. The summed E-state index contributed by atoms with van der Waals surface area (Å²) in [7, 11) is 0. The fourth-order valence-corrected chi connectivity index (χ4v) is 2.68. The SMILES string of the molecule is C=C1N=C(N)C=CN1[C@@H]1O[C@](CCl)(COC(=O)C(C)C)[C@@H](O)[C@H]1F. The van der Waals surface area contributed by atoms with Gasteiger partial charge in [0.2, 0.25) is 0 Å². The van der Waals surface area contributed by atoms with Crippen molar-refractivity contribution >= 4 is 23.4 Å². The van der Waals surface area contributed by atoms with Crippen molar-refractivity contribution in [3.63, 3.8) is 0 Å². The van der Waals surface area contributed by atoms with E-state index in [0.717, 1.165) is 0 Å². The molecule has 4 atom stereocenters. The second-order valence-corrected chi connectivity index (χ2v) is 6.30. The number of carbonyl (C=O) groups excluding carboxylic acids is 1. The average molecular weight is 362 g/mol. The molecule has 0 unspecified atom stereocenters. The van der Waals surface area contributed by atoms with Crippen molar-refractivity contribution in [1.82, 2.24) is 4.90 Å². The molecule has 0 aromatic carbocycles. The van der Waals surface area contributed by atoms with Crippen molar-refractivity contribution < 1.29 is 23.8 Å². The van der Waals surface area contributed by atoms with E-state index in [-0.39, 0.29) is 30.1 Å². The van der Waals surface area contributed by atoms with Crippen LogP contribution in [0.5, 0.6) is 0 Å². The third-order valence-electron chi connectivity index (χ3n) is 3.86. The molecule has 9 heteroatoms. The number of aliphatic hydroxyl groups is 1. The second-order valence-electron chi connectivity index (χ2n) is 6.03. The lowest BCUT2D eigenvalue weighted by molar-refractivity contribution is -0.166. The topological polar surface area (TPSA) is 97.4 Å². The van der Waals surface area contributed by atoms with E-state index in [1.54, 1.807) is 13.8 Å². The number of ether oxygens (including phenoxy) is 2. The molecule has 2 heterocycles. The van der Waals surface area contributed by atoms with Gasteiger partial charge in [0.25, 0.3) is 0 Å². The van der Waals surface area contributed by atoms with Crippen LogP contribution in [0.1, 0.15) is 13.8 Å². The van der Waals surface area contributed by atoms with Gasteiger partial charge in [-0.3, -0.25) is 4.79 Å². The fourth-order valence-electron chi connectivity index (χ4n) is 2.38. The minimum Gasteiger partial charge on any atom is -0.462 e. The van der Waals surface area contributed by atoms with Crippen LogP contribution < -0.4 is 5.73 Å². The number of alkyl halides is 2. The van der Waals surface area contributed by atoms with E-state index < -0.39 is 30.1 Å². The van der Waals surface area contributed by atoms with Crippen LogP contribution in [-0.2, 0) is 14.3 Å². The summed E-state index contributed by atoms with van der Waals surface area (Å²) in [5, 5.41) is 10.3. The standard InChI is InChI=1S/C15H21ClFN3O4/c1-8(2)14(22)23-7-15(6-16)12(21)11(17)13(24-15)20-5-4-10(18)19-9(20)3/h4-5,8,11-13,21H,3,6-7H2,1-2H3,(H2,18,19)/t11-,12+,13-,15-/m1/s1. The fraction of sp³-hybridized carbons (Fsp3) is 0.600. The van der Waals surface area contributed by atoms with Gasteiger partial charge < -0.3 is 25.2 Å². The molecule has 2 rings (SSSR count). The van der Waals surface area contributed by atoms with Crippen molar-refractivity contribution in [2.75, 3.05) is 12.5 Å². The van der Waals surface area contributed by atoms with Gasteiger partial charge in [-0.2, -0.15) is 0 Å². The Balaban J connectivity index is 2.16. The van der Waals surface area contributed by atoms with E-state index in [0.29, 0.717) is 0 Å². The molecule has 0 aliphatic carbocycles. The molecule has 1 saturated heterocycles. The molecule has 0 aromatic rings. The van der Waals surface area contributed by atoms with E-state index in [4.69, 9.17) is 26.8 Å². The highest BCUT2D eigenvalue weighted by Crippen LogP contribution is 2.38. The van der Waals surface area contributed by atoms with Gasteiger partial charge in [0, 0.05) is 6.20 Å². The molecule has 134 valence electrons. The number of hydrogen-bond donors (Lipinski definition) is 2. The number of halogens is 2. The van der Waals surface area contributed by atoms with Crippen LogP contribution in [0.25, 0.3) is 0 Å². The van der Waals surface area contributed by atoms with Crippen LogP contribution in [-0.4, -0.2) is 58.4 Å². The quantitative estimate of drug-likeness (QED) is 0.557. The molecular formula is C15H21ClFN3O4. The minimum absolute atomic E-state index is 0.166. The van der Waals surface area contributed by atoms with E-state index in [1.807, 2.05) is 0 Å². The lowest BCUT2D eigenvalue weighted by Crippen LogP contribution is -2.48. The van der Waals surface area contributed by atoms with Crippen LogP contribution in [0.3, 0.4) is 0 Å². The van der Waals surface area contributed by atoms with E-state index >= 15 is 0 Å². The van der Waals surface area contributed by atoms with Crippen molar-refractivity contribution in [2.24, 2.45) is 16.6 Å². The van der Waals surface area contributed by atoms with Crippen molar-refractivity contribution in [2.45, 2.75) is 38.0 Å². The van der Waals surface area contributed by atoms with Gasteiger partial charge in [-0.15, -0.1) is 11.6 Å². The zero-order valence-corrected chi connectivity index (χ0v) is 14.2. The summed E-state index contributed by atoms with van der Waals surface area (Å²) in [6, 6.07) is 0. The Morgan fingerprint density at radius 1 is 1.71 bits per heavy atom. The van der Waals surface area contributed by atoms with Crippen LogP contribution in [0.4, 0.5) is 4.39 Å². The molecular weight excluding hydrogens is 341 g/mol. The third kappa shape index (κ3) is 3.40. The molecule has 3 N–H and O–H groups in total. The molecule has 2 aliphatic heterocycles. The summed E-state index contributed by atoms with van der Waals surface area (Å²) in [6.45, 7) is 6.64. The number of carbonyl (C=O) groups is 1. The van der Waals surface area contributed by atoms with Crippen molar-refractivity contribution in [3.05, 3.63) is 24.7 Å². The minimum atomic E-state index is -1.81. The first-order valence-electron chi connectivity index (χ1n) is 7.44. The molecule has 0 amide bonds. The molecule has 7 nitrogen and oxygen atoms in total. The number of hydrogen-bond acceptors (Lipinski definition) is 7. The monoisotopic (exact) mass is 361 g/mol. The third-order valence-corrected chi connectivity index (χ3v) is 4.31. The summed E-state index contributed by atoms with van der Waals surface area (Å²) >= 11 is 5.90. The number of nitrogens with two attached hydrogens (primary N) is 1. The van der Waals surface area contributed by atoms with Crippen molar-refractivity contribution in [1.29, 1.82) is 0 Å². The van der Waals surface area contributed by atoms with Gasteiger partial charge in [-0.25, -0.2) is 9.38 Å². The Kier molecular flexibility index (Phi) is 5.52. The normalized spacial score (nSPS) is 33.1. The Morgan fingerprint density at radius 3 is 2.92 bits per heavy atom. The summed E-state index contributed by atoms with van der Waals surface area (Å²) in [6.07, 6.45) is -1.69. The number of aliphatic imine (C=N–C) groups is 1. The van der Waals surface area contributed by atoms with Gasteiger partial charge in [0.1, 0.15) is 30.0 Å². The smallest absolute Gasteiger partial charge is 0.308 e. The first-order chi connectivity index (χ1) is 11.2. The van der Waals surface area contributed by atoms with Gasteiger partial charge in [0.15, 0.2) is 12.4 Å². The highest BCUT2D eigenvalue weighted by molar-refractivity contribution is 6.18. The maximum atomic E-state index is 14.6. The molecule has 0 spiro atoms. The summed E-state index contributed by atoms with van der Waals surface area (Å²) in [5.74, 6) is -0.728. The summed E-state index contributed by atoms with van der Waals surface area (Å²) < 4.78 is 25.4. The van der Waals surface area contributed by atoms with E-state index in [1.165, 1.54) is 17.2 Å². The maximum Gasteiger partial charge on any atom is 0.308 e. The molecule has 0 aromatic heterocycles. The van der Waals surface area contributed by atoms with Crippen LogP contribution in [0.2, 0.25) is 0 Å². The highest BCUT2D eigenvalue weighted by atomic mass is 35.5. The number of nitrogens with zero attached hydrogens (tertiary/aromatic N) is 2. The number of amidine groups is 1. The lowest BCUT2D eigenvalue weighted by Gasteiger charge is -2.32. The Hall–Kier alpha value is -1.64. The summed E-state index contributed by atoms with van der Waals surface area (Å²) in [4.78, 5) is 16.9.